The summed E-state index contributed by atoms with van der Waals surface area (Å²) in [7, 11) is 0. The van der Waals surface area contributed by atoms with Gasteiger partial charge in [0.1, 0.15) is 17.0 Å². The van der Waals surface area contributed by atoms with E-state index in [1.54, 1.807) is 12.3 Å². The summed E-state index contributed by atoms with van der Waals surface area (Å²) in [5, 5.41) is -0.785. The molecule has 1 nitrogen and oxygen atoms in total. The van der Waals surface area contributed by atoms with Gasteiger partial charge in [-0.3, -0.25) is 4.98 Å². The van der Waals surface area contributed by atoms with E-state index in [4.69, 9.17) is 11.6 Å². The third kappa shape index (κ3) is 2.44. The SMILES string of the molecule is Cc1cccnc1C(Cl)c1cc(F)ccc1F. The smallest absolute Gasteiger partial charge is 0.128 e. The molecule has 1 heterocycles. The molecule has 0 bridgehead atoms. The molecule has 0 fully saturated rings. The molecule has 17 heavy (non-hydrogen) atoms. The lowest BCUT2D eigenvalue weighted by Crippen LogP contribution is -2.02. The Morgan fingerprint density at radius 2 is 2.00 bits per heavy atom. The first kappa shape index (κ1) is 12.0. The molecule has 1 aromatic heterocycles. The summed E-state index contributed by atoms with van der Waals surface area (Å²) in [5.41, 5.74) is 1.49. The molecule has 0 amide bonds. The van der Waals surface area contributed by atoms with E-state index in [-0.39, 0.29) is 5.56 Å². The van der Waals surface area contributed by atoms with Crippen molar-refractivity contribution in [2.75, 3.05) is 0 Å². The number of aryl methyl sites for hydroxylation is 1. The van der Waals surface area contributed by atoms with Crippen molar-refractivity contribution in [3.8, 4) is 0 Å². The van der Waals surface area contributed by atoms with Crippen LogP contribution in [0.2, 0.25) is 0 Å². The summed E-state index contributed by atoms with van der Waals surface area (Å²) in [6.07, 6.45) is 1.58. The maximum atomic E-state index is 13.6. The van der Waals surface area contributed by atoms with Crippen LogP contribution in [-0.2, 0) is 0 Å². The highest BCUT2D eigenvalue weighted by Crippen LogP contribution is 2.31. The first-order valence-electron chi connectivity index (χ1n) is 5.10. The lowest BCUT2D eigenvalue weighted by atomic mass is 10.0. The molecule has 1 atom stereocenters. The van der Waals surface area contributed by atoms with Gasteiger partial charge >= 0.3 is 0 Å². The Hall–Kier alpha value is -1.48. The number of halogens is 3. The summed E-state index contributed by atoms with van der Waals surface area (Å²) in [5.74, 6) is -1.04. The van der Waals surface area contributed by atoms with Gasteiger partial charge in [-0.2, -0.15) is 0 Å². The average Bonchev–Trinajstić information content (AvgIpc) is 2.32. The summed E-state index contributed by atoms with van der Waals surface area (Å²) >= 11 is 6.14. The molecule has 2 aromatic rings. The molecule has 0 saturated carbocycles. The number of hydrogen-bond acceptors (Lipinski definition) is 1. The van der Waals surface area contributed by atoms with Gasteiger partial charge in [-0.15, -0.1) is 11.6 Å². The van der Waals surface area contributed by atoms with Crippen molar-refractivity contribution in [1.82, 2.24) is 4.98 Å². The van der Waals surface area contributed by atoms with Gasteiger partial charge < -0.3 is 0 Å². The number of hydrogen-bond donors (Lipinski definition) is 0. The minimum atomic E-state index is -0.785. The van der Waals surface area contributed by atoms with Gasteiger partial charge in [-0.25, -0.2) is 8.78 Å². The highest BCUT2D eigenvalue weighted by Gasteiger charge is 2.18. The summed E-state index contributed by atoms with van der Waals surface area (Å²) in [6, 6.07) is 6.83. The van der Waals surface area contributed by atoms with Crippen LogP contribution in [0.25, 0.3) is 0 Å². The molecule has 88 valence electrons. The van der Waals surface area contributed by atoms with Crippen molar-refractivity contribution in [2.24, 2.45) is 0 Å². The van der Waals surface area contributed by atoms with Crippen molar-refractivity contribution in [3.05, 3.63) is 65.0 Å². The van der Waals surface area contributed by atoms with Gasteiger partial charge in [-0.1, -0.05) is 6.07 Å². The standard InChI is InChI=1S/C13H10ClF2N/c1-8-3-2-6-17-13(8)12(14)10-7-9(15)4-5-11(10)16/h2-7,12H,1H3. The zero-order valence-corrected chi connectivity index (χ0v) is 9.88. The third-order valence-corrected chi connectivity index (χ3v) is 2.96. The monoisotopic (exact) mass is 253 g/mol. The van der Waals surface area contributed by atoms with Crippen LogP contribution in [0.4, 0.5) is 8.78 Å². The molecule has 0 spiro atoms. The van der Waals surface area contributed by atoms with E-state index < -0.39 is 17.0 Å². The van der Waals surface area contributed by atoms with Crippen molar-refractivity contribution in [2.45, 2.75) is 12.3 Å². The number of nitrogens with zero attached hydrogens (tertiary/aromatic N) is 1. The van der Waals surface area contributed by atoms with E-state index >= 15 is 0 Å². The molecular formula is C13H10ClF2N. The van der Waals surface area contributed by atoms with Gasteiger partial charge in [0, 0.05) is 11.8 Å². The maximum absolute atomic E-state index is 13.6. The second kappa shape index (κ2) is 4.80. The lowest BCUT2D eigenvalue weighted by Gasteiger charge is -2.12. The normalized spacial score (nSPS) is 12.5. The van der Waals surface area contributed by atoms with Gasteiger partial charge in [0.2, 0.25) is 0 Å². The van der Waals surface area contributed by atoms with Crippen LogP contribution in [0, 0.1) is 18.6 Å². The van der Waals surface area contributed by atoms with Crippen molar-refractivity contribution >= 4 is 11.6 Å². The number of aromatic nitrogens is 1. The predicted octanol–water partition coefficient (Wildman–Crippen LogP) is 4.00. The van der Waals surface area contributed by atoms with Gasteiger partial charge in [0.25, 0.3) is 0 Å². The number of alkyl halides is 1. The Kier molecular flexibility index (Phi) is 3.38. The Balaban J connectivity index is 2.47. The molecule has 1 unspecified atom stereocenters. The van der Waals surface area contributed by atoms with E-state index in [1.165, 1.54) is 0 Å². The number of pyridine rings is 1. The number of benzene rings is 1. The topological polar surface area (TPSA) is 12.9 Å². The Labute approximate surface area is 103 Å². The molecule has 0 aliphatic carbocycles. The summed E-state index contributed by atoms with van der Waals surface area (Å²) in [4.78, 5) is 4.10. The highest BCUT2D eigenvalue weighted by molar-refractivity contribution is 6.22. The third-order valence-electron chi connectivity index (χ3n) is 2.52. The van der Waals surface area contributed by atoms with E-state index in [1.807, 2.05) is 13.0 Å². The second-order valence-corrected chi connectivity index (χ2v) is 4.17. The molecule has 4 heteroatoms. The molecule has 2 rings (SSSR count). The van der Waals surface area contributed by atoms with Gasteiger partial charge in [0.05, 0.1) is 5.69 Å². The lowest BCUT2D eigenvalue weighted by molar-refractivity contribution is 0.586. The molecule has 0 aliphatic heterocycles. The maximum Gasteiger partial charge on any atom is 0.128 e. The zero-order chi connectivity index (χ0) is 12.4. The number of rotatable bonds is 2. The second-order valence-electron chi connectivity index (χ2n) is 3.73. The van der Waals surface area contributed by atoms with Gasteiger partial charge in [0.15, 0.2) is 0 Å². The average molecular weight is 254 g/mol. The van der Waals surface area contributed by atoms with Crippen LogP contribution < -0.4 is 0 Å². The fourth-order valence-corrected chi connectivity index (χ4v) is 2.02. The fourth-order valence-electron chi connectivity index (χ4n) is 1.62. The fraction of sp³-hybridized carbons (Fsp3) is 0.154. The van der Waals surface area contributed by atoms with Crippen LogP contribution in [0.1, 0.15) is 22.2 Å². The molecule has 0 aliphatic rings. The van der Waals surface area contributed by atoms with Crippen LogP contribution in [0.3, 0.4) is 0 Å². The highest BCUT2D eigenvalue weighted by atomic mass is 35.5. The van der Waals surface area contributed by atoms with Crippen LogP contribution in [0.5, 0.6) is 0 Å². The van der Waals surface area contributed by atoms with Crippen LogP contribution >= 0.6 is 11.6 Å². The summed E-state index contributed by atoms with van der Waals surface area (Å²) < 4.78 is 26.6. The minimum Gasteiger partial charge on any atom is -0.259 e. The Bertz CT molecular complexity index is 543. The molecule has 0 saturated heterocycles. The van der Waals surface area contributed by atoms with Crippen molar-refractivity contribution in [3.63, 3.8) is 0 Å². The summed E-state index contributed by atoms with van der Waals surface area (Å²) in [6.45, 7) is 1.83. The molecule has 1 aromatic carbocycles. The van der Waals surface area contributed by atoms with E-state index in [0.717, 1.165) is 23.8 Å². The zero-order valence-electron chi connectivity index (χ0n) is 9.12. The minimum absolute atomic E-state index is 0.105. The molecular weight excluding hydrogens is 244 g/mol. The predicted molar refractivity (Wildman–Crippen MR) is 63.0 cm³/mol. The van der Waals surface area contributed by atoms with Crippen molar-refractivity contribution < 1.29 is 8.78 Å². The Morgan fingerprint density at radius 1 is 1.24 bits per heavy atom. The van der Waals surface area contributed by atoms with Crippen LogP contribution in [-0.4, -0.2) is 4.98 Å². The first-order chi connectivity index (χ1) is 8.09. The Morgan fingerprint density at radius 3 is 2.71 bits per heavy atom. The van der Waals surface area contributed by atoms with E-state index in [2.05, 4.69) is 4.98 Å². The van der Waals surface area contributed by atoms with E-state index in [0.29, 0.717) is 5.69 Å². The van der Waals surface area contributed by atoms with Gasteiger partial charge in [-0.05, 0) is 36.8 Å². The quantitative estimate of drug-likeness (QED) is 0.738. The largest absolute Gasteiger partial charge is 0.259 e. The molecule has 0 radical (unpaired) electrons. The molecule has 0 N–H and O–H groups in total. The van der Waals surface area contributed by atoms with E-state index in [9.17, 15) is 8.78 Å². The first-order valence-corrected chi connectivity index (χ1v) is 5.54. The van der Waals surface area contributed by atoms with Crippen LogP contribution in [0.15, 0.2) is 36.5 Å². The van der Waals surface area contributed by atoms with Crippen molar-refractivity contribution in [1.29, 1.82) is 0 Å².